The molecule has 0 spiro atoms. The third-order valence-corrected chi connectivity index (χ3v) is 3.70. The van der Waals surface area contributed by atoms with Gasteiger partial charge in [-0.3, -0.25) is 0 Å². The van der Waals surface area contributed by atoms with Crippen LogP contribution in [0.2, 0.25) is 0 Å². The van der Waals surface area contributed by atoms with Crippen LogP contribution in [0.5, 0.6) is 5.75 Å². The Balaban J connectivity index is 1.68. The van der Waals surface area contributed by atoms with Crippen molar-refractivity contribution in [1.29, 1.82) is 0 Å². The smallest absolute Gasteiger partial charge is 0.119 e. The Hall–Kier alpha value is -1.88. The van der Waals surface area contributed by atoms with E-state index in [0.717, 1.165) is 5.75 Å². The first-order valence-electron chi connectivity index (χ1n) is 10.5. The number of rotatable bonds is 23. The minimum absolute atomic E-state index is 0.484. The van der Waals surface area contributed by atoms with Crippen LogP contribution in [0, 0.1) is 0 Å². The molecule has 0 heterocycles. The van der Waals surface area contributed by atoms with Crippen molar-refractivity contribution >= 4 is 5.69 Å². The number of anilines is 1. The fourth-order valence-electron chi connectivity index (χ4n) is 2.17. The first kappa shape index (κ1) is 27.2. The second-order valence-electron chi connectivity index (χ2n) is 6.13. The van der Waals surface area contributed by atoms with Gasteiger partial charge < -0.3 is 43.6 Å². The monoisotopic (exact) mass is 443 g/mol. The maximum atomic E-state index is 5.62. The number of nitrogen functional groups attached to an aromatic ring is 1. The van der Waals surface area contributed by atoms with E-state index in [4.69, 9.17) is 43.6 Å². The van der Waals surface area contributed by atoms with Crippen LogP contribution in [0.4, 0.5) is 5.69 Å². The summed E-state index contributed by atoms with van der Waals surface area (Å²) < 4.78 is 42.9. The first-order valence-corrected chi connectivity index (χ1v) is 10.5. The second kappa shape index (κ2) is 21.4. The Labute approximate surface area is 185 Å². The van der Waals surface area contributed by atoms with Crippen LogP contribution in [0.1, 0.15) is 0 Å². The second-order valence-corrected chi connectivity index (χ2v) is 6.13. The van der Waals surface area contributed by atoms with Crippen molar-refractivity contribution < 1.29 is 37.9 Å². The van der Waals surface area contributed by atoms with Gasteiger partial charge >= 0.3 is 0 Å². The summed E-state index contributed by atoms with van der Waals surface area (Å²) in [6.45, 7) is 10.7. The molecule has 0 saturated carbocycles. The highest BCUT2D eigenvalue weighted by molar-refractivity contribution is 5.41. The Bertz CT molecular complexity index is 515. The van der Waals surface area contributed by atoms with E-state index in [1.54, 1.807) is 12.1 Å². The molecule has 0 fully saturated rings. The van der Waals surface area contributed by atoms with E-state index < -0.39 is 0 Å². The van der Waals surface area contributed by atoms with Crippen molar-refractivity contribution in [2.45, 2.75) is 0 Å². The summed E-state index contributed by atoms with van der Waals surface area (Å²) in [5.41, 5.74) is 6.33. The maximum absolute atomic E-state index is 5.62. The molecule has 1 aromatic carbocycles. The summed E-state index contributed by atoms with van der Waals surface area (Å²) in [6, 6.07) is 7.26. The highest BCUT2D eigenvalue weighted by Gasteiger charge is 1.96. The number of hydrogen-bond acceptors (Lipinski definition) is 9. The molecule has 31 heavy (non-hydrogen) atoms. The Morgan fingerprint density at radius 2 is 0.903 bits per heavy atom. The van der Waals surface area contributed by atoms with Gasteiger partial charge in [0.2, 0.25) is 0 Å². The number of hydrogen-bond donors (Lipinski definition) is 1. The molecule has 0 aliphatic carbocycles. The Kier molecular flexibility index (Phi) is 18.7. The van der Waals surface area contributed by atoms with E-state index in [2.05, 4.69) is 6.58 Å². The molecule has 0 unspecified atom stereocenters. The predicted molar refractivity (Wildman–Crippen MR) is 117 cm³/mol. The predicted octanol–water partition coefficient (Wildman–Crippen LogP) is 1.91. The lowest BCUT2D eigenvalue weighted by molar-refractivity contribution is -0.0193. The van der Waals surface area contributed by atoms with Gasteiger partial charge in [-0.05, 0) is 24.3 Å². The first-order chi connectivity index (χ1) is 15.3. The van der Waals surface area contributed by atoms with E-state index in [-0.39, 0.29) is 0 Å². The minimum Gasteiger partial charge on any atom is -0.499 e. The van der Waals surface area contributed by atoms with E-state index in [1.165, 1.54) is 6.26 Å². The van der Waals surface area contributed by atoms with Gasteiger partial charge in [-0.25, -0.2) is 0 Å². The fourth-order valence-corrected chi connectivity index (χ4v) is 2.17. The van der Waals surface area contributed by atoms with Gasteiger partial charge in [-0.1, -0.05) is 6.58 Å². The van der Waals surface area contributed by atoms with Gasteiger partial charge in [0.15, 0.2) is 0 Å². The van der Waals surface area contributed by atoms with Crippen LogP contribution >= 0.6 is 0 Å². The molecular formula is C22H37NO8. The summed E-state index contributed by atoms with van der Waals surface area (Å²) >= 11 is 0. The van der Waals surface area contributed by atoms with Crippen molar-refractivity contribution in [3.63, 3.8) is 0 Å². The van der Waals surface area contributed by atoms with Crippen LogP contribution in [0.25, 0.3) is 0 Å². The van der Waals surface area contributed by atoms with E-state index >= 15 is 0 Å². The van der Waals surface area contributed by atoms with E-state index in [0.29, 0.717) is 98.2 Å². The highest BCUT2D eigenvalue weighted by Crippen LogP contribution is 2.12. The maximum Gasteiger partial charge on any atom is 0.119 e. The lowest BCUT2D eigenvalue weighted by atomic mass is 10.3. The largest absolute Gasteiger partial charge is 0.499 e. The lowest BCUT2D eigenvalue weighted by Gasteiger charge is -2.09. The van der Waals surface area contributed by atoms with Crippen molar-refractivity contribution in [3.05, 3.63) is 37.1 Å². The molecule has 0 saturated heterocycles. The minimum atomic E-state index is 0.484. The molecule has 9 heteroatoms. The van der Waals surface area contributed by atoms with Gasteiger partial charge in [0.05, 0.1) is 85.5 Å². The molecule has 0 aromatic heterocycles. The van der Waals surface area contributed by atoms with Crippen LogP contribution in [-0.4, -0.2) is 92.5 Å². The molecule has 9 nitrogen and oxygen atoms in total. The zero-order valence-electron chi connectivity index (χ0n) is 18.3. The molecule has 0 bridgehead atoms. The van der Waals surface area contributed by atoms with E-state index in [1.807, 2.05) is 12.1 Å². The van der Waals surface area contributed by atoms with Gasteiger partial charge in [0.25, 0.3) is 0 Å². The van der Waals surface area contributed by atoms with Crippen LogP contribution in [-0.2, 0) is 33.2 Å². The molecular weight excluding hydrogens is 406 g/mol. The molecule has 0 aliphatic heterocycles. The van der Waals surface area contributed by atoms with E-state index in [9.17, 15) is 0 Å². The lowest BCUT2D eigenvalue weighted by Crippen LogP contribution is -2.15. The molecule has 0 atom stereocenters. The molecule has 1 rings (SSSR count). The normalized spacial score (nSPS) is 10.8. The topological polar surface area (TPSA) is 99.9 Å². The standard InChI is InChI=1S/C22H37NO8/c1-2-24-7-8-25-9-10-26-11-12-27-13-14-28-15-16-29-17-18-30-19-20-31-22-5-3-21(23)4-6-22/h2-6H,1,7-20,23H2. The van der Waals surface area contributed by atoms with Gasteiger partial charge in [0.1, 0.15) is 19.0 Å². The summed E-state index contributed by atoms with van der Waals surface area (Å²) in [5.74, 6) is 0.777. The van der Waals surface area contributed by atoms with Gasteiger partial charge in [-0.2, -0.15) is 0 Å². The summed E-state index contributed by atoms with van der Waals surface area (Å²) in [4.78, 5) is 0. The Morgan fingerprint density at radius 3 is 1.29 bits per heavy atom. The van der Waals surface area contributed by atoms with Crippen LogP contribution in [0.3, 0.4) is 0 Å². The van der Waals surface area contributed by atoms with Crippen molar-refractivity contribution in [1.82, 2.24) is 0 Å². The van der Waals surface area contributed by atoms with Gasteiger partial charge in [0, 0.05) is 5.69 Å². The average Bonchev–Trinajstić information content (AvgIpc) is 2.78. The number of benzene rings is 1. The van der Waals surface area contributed by atoms with Crippen LogP contribution in [0.15, 0.2) is 37.1 Å². The highest BCUT2D eigenvalue weighted by atomic mass is 16.6. The number of nitrogens with two attached hydrogens (primary N) is 1. The molecule has 0 radical (unpaired) electrons. The van der Waals surface area contributed by atoms with Gasteiger partial charge in [-0.15, -0.1) is 0 Å². The summed E-state index contributed by atoms with van der Waals surface area (Å²) in [5, 5.41) is 0. The Morgan fingerprint density at radius 1 is 0.548 bits per heavy atom. The zero-order chi connectivity index (χ0) is 22.2. The SMILES string of the molecule is C=COCCOCCOCCOCCOCCOCCOCCOc1ccc(N)cc1. The summed E-state index contributed by atoms with van der Waals surface area (Å²) in [6.07, 6.45) is 1.40. The molecule has 0 amide bonds. The average molecular weight is 444 g/mol. The fraction of sp³-hybridized carbons (Fsp3) is 0.636. The number of ether oxygens (including phenoxy) is 8. The van der Waals surface area contributed by atoms with Crippen molar-refractivity contribution in [2.75, 3.05) is 98.2 Å². The molecule has 2 N–H and O–H groups in total. The zero-order valence-corrected chi connectivity index (χ0v) is 18.3. The third-order valence-electron chi connectivity index (χ3n) is 3.70. The quantitative estimate of drug-likeness (QED) is 0.154. The third kappa shape index (κ3) is 18.6. The van der Waals surface area contributed by atoms with Crippen molar-refractivity contribution in [2.24, 2.45) is 0 Å². The van der Waals surface area contributed by atoms with Crippen LogP contribution < -0.4 is 10.5 Å². The van der Waals surface area contributed by atoms with Crippen molar-refractivity contribution in [3.8, 4) is 5.75 Å². The summed E-state index contributed by atoms with van der Waals surface area (Å²) in [7, 11) is 0. The molecule has 1 aromatic rings. The molecule has 0 aliphatic rings. The molecule has 178 valence electrons.